The fraction of sp³-hybridized carbons (Fsp3) is 0.225. The molecule has 1 N–H and O–H groups in total. The number of rotatable bonds is 0. The van der Waals surface area contributed by atoms with E-state index in [-0.39, 0.29) is 0 Å². The normalized spacial score (nSPS) is 10.2. The van der Waals surface area contributed by atoms with E-state index in [1.807, 2.05) is 30.7 Å². The summed E-state index contributed by atoms with van der Waals surface area (Å²) in [7, 11) is 1.00. The van der Waals surface area contributed by atoms with Gasteiger partial charge in [-0.3, -0.25) is 0 Å². The minimum Gasteiger partial charge on any atom is -0.400 e. The zero-order chi connectivity index (χ0) is 31.0. The number of allylic oxidation sites excluding steroid dienone is 5. The predicted octanol–water partition coefficient (Wildman–Crippen LogP) is 10.7. The summed E-state index contributed by atoms with van der Waals surface area (Å²) in [5, 5.41) is 7.00. The lowest BCUT2D eigenvalue weighted by molar-refractivity contribution is 0.399. The summed E-state index contributed by atoms with van der Waals surface area (Å²) in [6, 6.07) is 33.8. The van der Waals surface area contributed by atoms with Crippen LogP contribution in [0.5, 0.6) is 0 Å². The summed E-state index contributed by atoms with van der Waals surface area (Å²) in [5.41, 5.74) is 11.8. The highest BCUT2D eigenvalue weighted by molar-refractivity contribution is 5.36. The lowest BCUT2D eigenvalue weighted by Gasteiger charge is -1.93. The van der Waals surface area contributed by atoms with Crippen LogP contribution in [0.15, 0.2) is 134 Å². The molecular weight excluding hydrogens is 496 g/mol. The number of hydrogen-bond donors (Lipinski definition) is 1. The van der Waals surface area contributed by atoms with Gasteiger partial charge in [0.15, 0.2) is 0 Å². The van der Waals surface area contributed by atoms with Gasteiger partial charge in [0.05, 0.1) is 5.57 Å². The Morgan fingerprint density at radius 2 is 0.829 bits per heavy atom. The molecule has 41 heavy (non-hydrogen) atoms. The Kier molecular flexibility index (Phi) is 20.5. The van der Waals surface area contributed by atoms with E-state index in [4.69, 9.17) is 5.11 Å². The molecule has 5 rings (SSSR count). The molecule has 1 aliphatic rings. The fourth-order valence-electron chi connectivity index (χ4n) is 3.22. The van der Waals surface area contributed by atoms with E-state index < -0.39 is 0 Å². The summed E-state index contributed by atoms with van der Waals surface area (Å²) < 4.78 is 0. The van der Waals surface area contributed by atoms with Gasteiger partial charge in [-0.2, -0.15) is 0 Å². The highest BCUT2D eigenvalue weighted by Crippen LogP contribution is 2.04. The minimum absolute atomic E-state index is 1.00. The van der Waals surface area contributed by atoms with Crippen LogP contribution in [0.2, 0.25) is 0 Å². The molecule has 4 aromatic carbocycles. The highest BCUT2D eigenvalue weighted by Gasteiger charge is 1.94. The molecule has 1 nitrogen and oxygen atoms in total. The van der Waals surface area contributed by atoms with Crippen molar-refractivity contribution < 1.29 is 5.11 Å². The van der Waals surface area contributed by atoms with E-state index >= 15 is 0 Å². The quantitative estimate of drug-likeness (QED) is 0.217. The van der Waals surface area contributed by atoms with Crippen LogP contribution < -0.4 is 0 Å². The fourth-order valence-corrected chi connectivity index (χ4v) is 3.22. The zero-order valence-corrected chi connectivity index (χ0v) is 26.8. The van der Waals surface area contributed by atoms with Crippen LogP contribution in [-0.2, 0) is 0 Å². The molecule has 0 aromatic heterocycles. The van der Waals surface area contributed by atoms with Gasteiger partial charge in [-0.15, -0.1) is 0 Å². The monoisotopic (exact) mass is 547 g/mol. The van der Waals surface area contributed by atoms with Gasteiger partial charge in [-0.05, 0) is 73.1 Å². The number of benzene rings is 4. The molecule has 216 valence electrons. The van der Waals surface area contributed by atoms with Gasteiger partial charge in [-0.25, -0.2) is 0 Å². The van der Waals surface area contributed by atoms with E-state index in [9.17, 15) is 0 Å². The van der Waals surface area contributed by atoms with Crippen LogP contribution in [0.3, 0.4) is 0 Å². The SMILES string of the molecule is C=C1C=CC=C[CH+]1.CO.Cc1ccc(C)cc1.Cc1ccc(C)cc1.Cc1cccc(C)c1.Cc1ccccc1C. The van der Waals surface area contributed by atoms with Gasteiger partial charge >= 0.3 is 0 Å². The summed E-state index contributed by atoms with van der Waals surface area (Å²) in [6.07, 6.45) is 9.87. The van der Waals surface area contributed by atoms with Crippen molar-refractivity contribution in [2.45, 2.75) is 55.4 Å². The van der Waals surface area contributed by atoms with Gasteiger partial charge in [-0.1, -0.05) is 130 Å². The van der Waals surface area contributed by atoms with E-state index in [2.05, 4.69) is 159 Å². The molecule has 1 aliphatic carbocycles. The van der Waals surface area contributed by atoms with Crippen molar-refractivity contribution in [1.82, 2.24) is 0 Å². The Labute approximate surface area is 251 Å². The van der Waals surface area contributed by atoms with Gasteiger partial charge in [0.25, 0.3) is 0 Å². The third-order valence-electron chi connectivity index (χ3n) is 5.88. The summed E-state index contributed by atoms with van der Waals surface area (Å²) in [6.45, 7) is 20.6. The van der Waals surface area contributed by atoms with Gasteiger partial charge in [0, 0.05) is 37.8 Å². The second kappa shape index (κ2) is 22.7. The van der Waals surface area contributed by atoms with Crippen molar-refractivity contribution in [3.63, 3.8) is 0 Å². The van der Waals surface area contributed by atoms with Crippen molar-refractivity contribution in [2.75, 3.05) is 7.11 Å². The first-order chi connectivity index (χ1) is 19.6. The Morgan fingerprint density at radius 3 is 1.02 bits per heavy atom. The number of aliphatic hydroxyl groups is 1. The van der Waals surface area contributed by atoms with E-state index in [1.54, 1.807) is 0 Å². The first-order valence-electron chi connectivity index (χ1n) is 14.0. The third-order valence-corrected chi connectivity index (χ3v) is 5.88. The topological polar surface area (TPSA) is 20.2 Å². The minimum atomic E-state index is 1.00. The lowest BCUT2D eigenvalue weighted by Crippen LogP contribution is -1.75. The largest absolute Gasteiger partial charge is 0.400 e. The van der Waals surface area contributed by atoms with Gasteiger partial charge in [0.1, 0.15) is 0 Å². The number of hydrogen-bond acceptors (Lipinski definition) is 1. The van der Waals surface area contributed by atoms with Crippen LogP contribution in [0, 0.1) is 61.8 Å². The van der Waals surface area contributed by atoms with E-state index in [0.29, 0.717) is 0 Å². The Bertz CT molecular complexity index is 1170. The maximum Gasteiger partial charge on any atom is 0.0887 e. The first-order valence-corrected chi connectivity index (χ1v) is 14.0. The van der Waals surface area contributed by atoms with E-state index in [1.165, 1.54) is 44.5 Å². The molecule has 0 spiro atoms. The predicted molar refractivity (Wildman–Crippen MR) is 184 cm³/mol. The Balaban J connectivity index is 0.000000480. The standard InChI is InChI=1S/4C8H10.C7H7.CH4O/c2*1-7-3-5-8(2)6-4-7;1-7-4-3-5-8(2)6-7;1-7-5-3-4-6-8(7)2;1-7-5-3-2-4-6-7;1-2/h4*3-6H,1-2H3;2-6H,1H2;2H,1H3/q;;;;+1;. The molecule has 0 bridgehead atoms. The number of aliphatic hydroxyl groups excluding tert-OH is 1. The van der Waals surface area contributed by atoms with Gasteiger partial charge < -0.3 is 5.11 Å². The zero-order valence-electron chi connectivity index (χ0n) is 26.8. The third kappa shape index (κ3) is 20.5. The maximum absolute atomic E-state index is 7.00. The molecule has 0 amide bonds. The van der Waals surface area contributed by atoms with Crippen LogP contribution in [0.25, 0.3) is 0 Å². The molecule has 0 heterocycles. The second-order valence-corrected chi connectivity index (χ2v) is 10.0. The van der Waals surface area contributed by atoms with Crippen LogP contribution in [-0.4, -0.2) is 12.2 Å². The highest BCUT2D eigenvalue weighted by atomic mass is 16.2. The Hall–Kier alpha value is -4.07. The van der Waals surface area contributed by atoms with Crippen LogP contribution in [0.4, 0.5) is 0 Å². The summed E-state index contributed by atoms with van der Waals surface area (Å²) in [5.74, 6) is 0. The van der Waals surface area contributed by atoms with Gasteiger partial charge in [0.2, 0.25) is 0 Å². The van der Waals surface area contributed by atoms with Crippen molar-refractivity contribution in [3.8, 4) is 0 Å². The van der Waals surface area contributed by atoms with Crippen molar-refractivity contribution in [2.24, 2.45) is 0 Å². The molecule has 0 saturated carbocycles. The van der Waals surface area contributed by atoms with E-state index in [0.717, 1.165) is 12.7 Å². The number of aryl methyl sites for hydroxylation is 8. The lowest BCUT2D eigenvalue weighted by atomic mass is 10.1. The van der Waals surface area contributed by atoms with Crippen molar-refractivity contribution in [1.29, 1.82) is 0 Å². The molecule has 0 radical (unpaired) electrons. The summed E-state index contributed by atoms with van der Waals surface area (Å²) in [4.78, 5) is 0. The molecule has 0 atom stereocenters. The second-order valence-electron chi connectivity index (χ2n) is 10.0. The molecule has 4 aromatic rings. The average molecular weight is 548 g/mol. The Morgan fingerprint density at radius 1 is 0.463 bits per heavy atom. The molecule has 0 unspecified atom stereocenters. The smallest absolute Gasteiger partial charge is 0.0887 e. The molecule has 1 heteroatoms. The van der Waals surface area contributed by atoms with Crippen molar-refractivity contribution in [3.05, 3.63) is 184 Å². The molecule has 0 aliphatic heterocycles. The average Bonchev–Trinajstić information content (AvgIpc) is 2.96. The van der Waals surface area contributed by atoms with Crippen LogP contribution in [0.1, 0.15) is 44.5 Å². The molecular formula is C40H51O+. The maximum atomic E-state index is 7.00. The van der Waals surface area contributed by atoms with Crippen molar-refractivity contribution >= 4 is 0 Å². The molecule has 0 fully saturated rings. The first kappa shape index (κ1) is 36.9. The molecule has 0 saturated heterocycles. The van der Waals surface area contributed by atoms with Crippen LogP contribution >= 0.6 is 0 Å². The summed E-state index contributed by atoms with van der Waals surface area (Å²) >= 11 is 0.